The van der Waals surface area contributed by atoms with Gasteiger partial charge in [0.2, 0.25) is 0 Å². The van der Waals surface area contributed by atoms with E-state index < -0.39 is 12.1 Å². The van der Waals surface area contributed by atoms with Gasteiger partial charge in [-0.1, -0.05) is 6.07 Å². The van der Waals surface area contributed by atoms with E-state index in [0.717, 1.165) is 24.9 Å². The fourth-order valence-corrected chi connectivity index (χ4v) is 2.77. The van der Waals surface area contributed by atoms with Gasteiger partial charge in [-0.15, -0.1) is 0 Å². The molecule has 1 aromatic carbocycles. The Morgan fingerprint density at radius 1 is 1.22 bits per heavy atom. The molecule has 0 bridgehead atoms. The number of fused-ring (bicyclic) bond motifs is 1. The minimum Gasteiger partial charge on any atom is -0.469 e. The van der Waals surface area contributed by atoms with E-state index in [4.69, 9.17) is 9.15 Å². The fraction of sp³-hybridized carbons (Fsp3) is 0.333. The first kappa shape index (κ1) is 15.3. The molecule has 0 aliphatic heterocycles. The molecule has 2 aromatic rings. The number of hydrogen-bond acceptors (Lipinski definition) is 4. The second kappa shape index (κ2) is 6.28. The van der Waals surface area contributed by atoms with E-state index in [1.54, 1.807) is 13.8 Å². The molecule has 1 amide bonds. The van der Waals surface area contributed by atoms with E-state index in [9.17, 15) is 9.59 Å². The lowest BCUT2D eigenvalue weighted by atomic mass is 10.1. The van der Waals surface area contributed by atoms with Gasteiger partial charge in [0.05, 0.1) is 6.26 Å². The largest absolute Gasteiger partial charge is 0.469 e. The third-order valence-electron chi connectivity index (χ3n) is 4.10. The molecule has 1 aromatic heterocycles. The highest BCUT2D eigenvalue weighted by Gasteiger charge is 2.21. The number of ether oxygens (including phenoxy) is 1. The maximum Gasteiger partial charge on any atom is 0.342 e. The van der Waals surface area contributed by atoms with Gasteiger partial charge in [-0.25, -0.2) is 4.79 Å². The molecule has 1 aliphatic rings. The highest BCUT2D eigenvalue weighted by molar-refractivity contribution is 5.97. The van der Waals surface area contributed by atoms with Crippen LogP contribution in [0.15, 0.2) is 34.9 Å². The van der Waals surface area contributed by atoms with E-state index in [1.165, 1.54) is 23.5 Å². The molecule has 0 fully saturated rings. The summed E-state index contributed by atoms with van der Waals surface area (Å²) in [6.07, 6.45) is 3.84. The topological polar surface area (TPSA) is 68.5 Å². The normalized spacial score (nSPS) is 14.2. The van der Waals surface area contributed by atoms with Crippen LogP contribution in [0, 0.1) is 6.92 Å². The van der Waals surface area contributed by atoms with Crippen LogP contribution in [0.1, 0.15) is 40.6 Å². The summed E-state index contributed by atoms with van der Waals surface area (Å²) in [5.41, 5.74) is 3.69. The Balaban J connectivity index is 1.61. The molecule has 0 spiro atoms. The standard InChI is InChI=1S/C18H19NO4/c1-11-16(8-9-22-11)18(21)23-12(2)17(20)19-15-7-6-13-4-3-5-14(13)10-15/h6-10,12H,3-5H2,1-2H3,(H,19,20)/t12-/m1/s1. The molecule has 5 nitrogen and oxygen atoms in total. The first-order valence-electron chi connectivity index (χ1n) is 7.72. The molecule has 0 saturated heterocycles. The number of anilines is 1. The second-order valence-corrected chi connectivity index (χ2v) is 5.76. The molecule has 23 heavy (non-hydrogen) atoms. The summed E-state index contributed by atoms with van der Waals surface area (Å²) in [4.78, 5) is 24.2. The number of carbonyl (C=O) groups is 2. The van der Waals surface area contributed by atoms with E-state index >= 15 is 0 Å². The van der Waals surface area contributed by atoms with Crippen LogP contribution in [0.4, 0.5) is 5.69 Å². The summed E-state index contributed by atoms with van der Waals surface area (Å²) in [5, 5.41) is 2.80. The van der Waals surface area contributed by atoms with Crippen LogP contribution in [-0.2, 0) is 22.4 Å². The average Bonchev–Trinajstić information content (AvgIpc) is 3.15. The van der Waals surface area contributed by atoms with Crippen molar-refractivity contribution >= 4 is 17.6 Å². The molecule has 0 radical (unpaired) electrons. The van der Waals surface area contributed by atoms with Gasteiger partial charge in [-0.3, -0.25) is 4.79 Å². The molecular formula is C18H19NO4. The van der Waals surface area contributed by atoms with Crippen LogP contribution in [0.5, 0.6) is 0 Å². The average molecular weight is 313 g/mol. The van der Waals surface area contributed by atoms with Crippen LogP contribution in [0.2, 0.25) is 0 Å². The first-order valence-corrected chi connectivity index (χ1v) is 7.72. The van der Waals surface area contributed by atoms with Gasteiger partial charge in [0.25, 0.3) is 5.91 Å². The lowest BCUT2D eigenvalue weighted by Crippen LogP contribution is -2.30. The lowest BCUT2D eigenvalue weighted by molar-refractivity contribution is -0.123. The van der Waals surface area contributed by atoms with E-state index in [1.807, 2.05) is 18.2 Å². The van der Waals surface area contributed by atoms with Crippen molar-refractivity contribution in [3.63, 3.8) is 0 Å². The van der Waals surface area contributed by atoms with Gasteiger partial charge in [0.1, 0.15) is 11.3 Å². The van der Waals surface area contributed by atoms with Crippen molar-refractivity contribution < 1.29 is 18.7 Å². The van der Waals surface area contributed by atoms with Gasteiger partial charge < -0.3 is 14.5 Å². The van der Waals surface area contributed by atoms with E-state index in [2.05, 4.69) is 5.32 Å². The minimum absolute atomic E-state index is 0.335. The Kier molecular flexibility index (Phi) is 4.19. The maximum atomic E-state index is 12.2. The Morgan fingerprint density at radius 2 is 2.00 bits per heavy atom. The predicted molar refractivity (Wildman–Crippen MR) is 85.4 cm³/mol. The van der Waals surface area contributed by atoms with Crippen molar-refractivity contribution in [1.29, 1.82) is 0 Å². The smallest absolute Gasteiger partial charge is 0.342 e. The molecule has 1 aliphatic carbocycles. The second-order valence-electron chi connectivity index (χ2n) is 5.76. The van der Waals surface area contributed by atoms with Crippen LogP contribution < -0.4 is 5.32 Å². The monoisotopic (exact) mass is 313 g/mol. The lowest BCUT2D eigenvalue weighted by Gasteiger charge is -2.14. The van der Waals surface area contributed by atoms with Crippen LogP contribution >= 0.6 is 0 Å². The van der Waals surface area contributed by atoms with Crippen LogP contribution in [-0.4, -0.2) is 18.0 Å². The number of benzene rings is 1. The first-order chi connectivity index (χ1) is 11.0. The molecule has 1 atom stereocenters. The number of rotatable bonds is 4. The van der Waals surface area contributed by atoms with Crippen LogP contribution in [0.3, 0.4) is 0 Å². The number of aryl methyl sites for hydroxylation is 3. The summed E-state index contributed by atoms with van der Waals surface area (Å²) in [5.74, 6) is -0.438. The van der Waals surface area contributed by atoms with Crippen molar-refractivity contribution in [1.82, 2.24) is 0 Å². The zero-order valence-electron chi connectivity index (χ0n) is 13.2. The van der Waals surface area contributed by atoms with Gasteiger partial charge in [-0.2, -0.15) is 0 Å². The van der Waals surface area contributed by atoms with Crippen molar-refractivity contribution in [3.8, 4) is 0 Å². The molecule has 3 rings (SSSR count). The zero-order valence-corrected chi connectivity index (χ0v) is 13.2. The van der Waals surface area contributed by atoms with Crippen molar-refractivity contribution in [2.75, 3.05) is 5.32 Å². The summed E-state index contributed by atoms with van der Waals surface area (Å²) < 4.78 is 10.3. The van der Waals surface area contributed by atoms with E-state index in [0.29, 0.717) is 11.3 Å². The number of furan rings is 1. The Labute approximate surface area is 134 Å². The third kappa shape index (κ3) is 3.28. The quantitative estimate of drug-likeness (QED) is 0.880. The zero-order chi connectivity index (χ0) is 16.4. The highest BCUT2D eigenvalue weighted by atomic mass is 16.5. The molecule has 1 heterocycles. The number of carbonyl (C=O) groups excluding carboxylic acids is 2. The van der Waals surface area contributed by atoms with Crippen molar-refractivity contribution in [2.24, 2.45) is 0 Å². The Hall–Kier alpha value is -2.56. The number of amides is 1. The van der Waals surface area contributed by atoms with Gasteiger partial charge in [0, 0.05) is 5.69 Å². The summed E-state index contributed by atoms with van der Waals surface area (Å²) in [6.45, 7) is 3.22. The van der Waals surface area contributed by atoms with Gasteiger partial charge >= 0.3 is 5.97 Å². The molecule has 0 saturated carbocycles. The van der Waals surface area contributed by atoms with Gasteiger partial charge in [0.15, 0.2) is 6.10 Å². The minimum atomic E-state index is -0.884. The molecule has 120 valence electrons. The summed E-state index contributed by atoms with van der Waals surface area (Å²) in [6, 6.07) is 7.46. The number of esters is 1. The number of nitrogens with one attached hydrogen (secondary N) is 1. The summed E-state index contributed by atoms with van der Waals surface area (Å²) in [7, 11) is 0. The van der Waals surface area contributed by atoms with E-state index in [-0.39, 0.29) is 5.91 Å². The highest BCUT2D eigenvalue weighted by Crippen LogP contribution is 2.25. The SMILES string of the molecule is Cc1occc1C(=O)O[C@H](C)C(=O)Nc1ccc2c(c1)CCC2. The molecular weight excluding hydrogens is 294 g/mol. The molecule has 0 unspecified atom stereocenters. The van der Waals surface area contributed by atoms with Crippen molar-refractivity contribution in [2.45, 2.75) is 39.2 Å². The summed E-state index contributed by atoms with van der Waals surface area (Å²) >= 11 is 0. The Morgan fingerprint density at radius 3 is 2.74 bits per heavy atom. The molecule has 1 N–H and O–H groups in total. The fourth-order valence-electron chi connectivity index (χ4n) is 2.77. The predicted octanol–water partition coefficient (Wildman–Crippen LogP) is 3.26. The van der Waals surface area contributed by atoms with Gasteiger partial charge in [-0.05, 0) is 62.4 Å². The van der Waals surface area contributed by atoms with Crippen LogP contribution in [0.25, 0.3) is 0 Å². The van der Waals surface area contributed by atoms with Crippen molar-refractivity contribution in [3.05, 3.63) is 53.0 Å². The Bertz CT molecular complexity index is 747. The third-order valence-corrected chi connectivity index (χ3v) is 4.10. The molecule has 5 heteroatoms. The maximum absolute atomic E-state index is 12.2. The number of hydrogen-bond donors (Lipinski definition) is 1.